The summed E-state index contributed by atoms with van der Waals surface area (Å²) in [5, 5.41) is 13.2. The normalized spacial score (nSPS) is 10.8. The lowest BCUT2D eigenvalue weighted by atomic mass is 10.0. The van der Waals surface area contributed by atoms with Crippen LogP contribution >= 0.6 is 11.8 Å². The number of hydrogen-bond acceptors (Lipinski definition) is 7. The predicted octanol–water partition coefficient (Wildman–Crippen LogP) is 5.78. The van der Waals surface area contributed by atoms with Crippen LogP contribution in [0, 0.1) is 6.92 Å². The maximum atomic E-state index is 12.6. The molecule has 0 spiro atoms. The minimum absolute atomic E-state index is 0.00323. The molecule has 3 rings (SSSR count). The van der Waals surface area contributed by atoms with Crippen LogP contribution in [0.4, 0.5) is 0 Å². The van der Waals surface area contributed by atoms with Crippen LogP contribution in [-0.4, -0.2) is 37.4 Å². The summed E-state index contributed by atoms with van der Waals surface area (Å²) in [6.07, 6.45) is 6.93. The highest BCUT2D eigenvalue weighted by Gasteiger charge is 2.25. The first-order valence-corrected chi connectivity index (χ1v) is 11.6. The van der Waals surface area contributed by atoms with E-state index in [9.17, 15) is 4.79 Å². The van der Waals surface area contributed by atoms with Gasteiger partial charge in [0.15, 0.2) is 17.2 Å². The van der Waals surface area contributed by atoms with E-state index in [2.05, 4.69) is 39.2 Å². The van der Waals surface area contributed by atoms with Crippen LogP contribution in [0.5, 0.6) is 0 Å². The van der Waals surface area contributed by atoms with Gasteiger partial charge in [-0.2, -0.15) is 5.10 Å². The SMILES string of the molecule is CC.CCCCC(=O)c1onc(-c2nc(SC)c3c(C)[nH]nc3n2)c1CCCC. The second kappa shape index (κ2) is 11.1. The molecule has 7 nitrogen and oxygen atoms in total. The molecule has 3 heterocycles. The summed E-state index contributed by atoms with van der Waals surface area (Å²) >= 11 is 1.54. The summed E-state index contributed by atoms with van der Waals surface area (Å²) in [6, 6.07) is 0. The lowest BCUT2D eigenvalue weighted by Gasteiger charge is -2.05. The van der Waals surface area contributed by atoms with Gasteiger partial charge in [-0.3, -0.25) is 9.89 Å². The highest BCUT2D eigenvalue weighted by molar-refractivity contribution is 7.98. The number of aromatic amines is 1. The standard InChI is InChI=1S/C19H25N5O2S.C2H6/c1-5-7-9-12-15(24-26-16(12)13(25)10-8-6-2)18-20-17-14(11(3)22-23-17)19(21-18)27-4;1-2/h5-10H2,1-4H3,(H,20,21,22,23);1-2H3. The zero-order chi connectivity index (χ0) is 21.4. The van der Waals surface area contributed by atoms with Crippen molar-refractivity contribution in [3.63, 3.8) is 0 Å². The molecule has 0 aliphatic carbocycles. The molecule has 0 saturated carbocycles. The van der Waals surface area contributed by atoms with Gasteiger partial charge in [-0.15, -0.1) is 11.8 Å². The monoisotopic (exact) mass is 417 g/mol. The number of aromatic nitrogens is 5. The van der Waals surface area contributed by atoms with E-state index < -0.39 is 0 Å². The number of nitrogens with one attached hydrogen (secondary N) is 1. The van der Waals surface area contributed by atoms with Crippen LogP contribution in [0.15, 0.2) is 9.55 Å². The fraction of sp³-hybridized carbons (Fsp3) is 0.571. The number of carbonyl (C=O) groups excluding carboxylic acids is 1. The topological polar surface area (TPSA) is 97.6 Å². The highest BCUT2D eigenvalue weighted by Crippen LogP contribution is 2.31. The number of fused-ring (bicyclic) bond motifs is 1. The van der Waals surface area contributed by atoms with Crippen LogP contribution in [0.3, 0.4) is 0 Å². The Morgan fingerprint density at radius 2 is 1.86 bits per heavy atom. The number of thioether (sulfide) groups is 1. The van der Waals surface area contributed by atoms with E-state index in [-0.39, 0.29) is 5.78 Å². The third-order valence-electron chi connectivity index (χ3n) is 4.55. The summed E-state index contributed by atoms with van der Waals surface area (Å²) < 4.78 is 5.48. The smallest absolute Gasteiger partial charge is 0.206 e. The first-order chi connectivity index (χ1) is 14.1. The molecule has 0 amide bonds. The molecule has 1 N–H and O–H groups in total. The van der Waals surface area contributed by atoms with E-state index >= 15 is 0 Å². The molecular formula is C21H31N5O2S. The largest absolute Gasteiger partial charge is 0.352 e. The van der Waals surface area contributed by atoms with E-state index in [1.807, 2.05) is 27.0 Å². The van der Waals surface area contributed by atoms with Crippen LogP contribution in [-0.2, 0) is 6.42 Å². The van der Waals surface area contributed by atoms with Gasteiger partial charge in [-0.25, -0.2) is 9.97 Å². The zero-order valence-corrected chi connectivity index (χ0v) is 19.1. The predicted molar refractivity (Wildman–Crippen MR) is 118 cm³/mol. The Bertz CT molecular complexity index is 948. The van der Waals surface area contributed by atoms with Gasteiger partial charge in [-0.1, -0.05) is 45.7 Å². The van der Waals surface area contributed by atoms with Gasteiger partial charge in [0.2, 0.25) is 11.5 Å². The Hall–Kier alpha value is -2.22. The average molecular weight is 418 g/mol. The number of nitrogens with zero attached hydrogens (tertiary/aromatic N) is 4. The Balaban J connectivity index is 0.00000145. The van der Waals surface area contributed by atoms with Crippen LogP contribution in [0.25, 0.3) is 22.6 Å². The van der Waals surface area contributed by atoms with Crippen molar-refractivity contribution in [1.82, 2.24) is 25.3 Å². The van der Waals surface area contributed by atoms with E-state index in [1.165, 1.54) is 11.8 Å². The third kappa shape index (κ3) is 5.04. The molecule has 158 valence electrons. The fourth-order valence-corrected chi connectivity index (χ4v) is 3.65. The van der Waals surface area contributed by atoms with Crippen LogP contribution < -0.4 is 0 Å². The first kappa shape index (κ1) is 23.1. The lowest BCUT2D eigenvalue weighted by molar-refractivity contribution is 0.0942. The zero-order valence-electron chi connectivity index (χ0n) is 18.3. The van der Waals surface area contributed by atoms with E-state index in [1.54, 1.807) is 0 Å². The van der Waals surface area contributed by atoms with Crippen molar-refractivity contribution in [2.24, 2.45) is 0 Å². The number of H-pyrrole nitrogens is 1. The molecular weight excluding hydrogens is 386 g/mol. The number of hydrogen-bond donors (Lipinski definition) is 1. The van der Waals surface area contributed by atoms with E-state index in [0.717, 1.165) is 53.8 Å². The maximum Gasteiger partial charge on any atom is 0.206 e. The number of carbonyl (C=O) groups is 1. The van der Waals surface area contributed by atoms with E-state index in [4.69, 9.17) is 4.52 Å². The molecule has 0 fully saturated rings. The van der Waals surface area contributed by atoms with Crippen LogP contribution in [0.1, 0.15) is 81.6 Å². The van der Waals surface area contributed by atoms with Crippen molar-refractivity contribution in [2.45, 2.75) is 78.2 Å². The van der Waals surface area contributed by atoms with Crippen molar-refractivity contribution in [1.29, 1.82) is 0 Å². The molecule has 0 bridgehead atoms. The number of unbranched alkanes of at least 4 members (excludes halogenated alkanes) is 2. The van der Waals surface area contributed by atoms with Gasteiger partial charge >= 0.3 is 0 Å². The fourth-order valence-electron chi connectivity index (χ4n) is 3.02. The highest BCUT2D eigenvalue weighted by atomic mass is 32.2. The van der Waals surface area contributed by atoms with Gasteiger partial charge in [0.1, 0.15) is 5.03 Å². The Morgan fingerprint density at radius 1 is 1.14 bits per heavy atom. The molecule has 0 aliphatic heterocycles. The molecule has 0 atom stereocenters. The van der Waals surface area contributed by atoms with E-state index in [0.29, 0.717) is 29.3 Å². The van der Waals surface area contributed by atoms with Crippen LogP contribution in [0.2, 0.25) is 0 Å². The number of rotatable bonds is 9. The first-order valence-electron chi connectivity index (χ1n) is 10.4. The number of Topliss-reactive ketones (excluding diaryl/α,β-unsaturated/α-hetero) is 1. The third-order valence-corrected chi connectivity index (χ3v) is 5.23. The number of aryl methyl sites for hydroxylation is 1. The minimum atomic E-state index is 0.00323. The summed E-state index contributed by atoms with van der Waals surface area (Å²) in [5.41, 5.74) is 2.91. The van der Waals surface area contributed by atoms with Gasteiger partial charge in [0.05, 0.1) is 5.39 Å². The second-order valence-corrected chi connectivity index (χ2v) is 7.37. The molecule has 0 unspecified atom stereocenters. The van der Waals surface area contributed by atoms with Gasteiger partial charge in [0.25, 0.3) is 0 Å². The average Bonchev–Trinajstić information content (AvgIpc) is 3.35. The van der Waals surface area contributed by atoms with Gasteiger partial charge < -0.3 is 4.52 Å². The molecule has 3 aromatic heterocycles. The quantitative estimate of drug-likeness (QED) is 0.268. The second-order valence-electron chi connectivity index (χ2n) is 6.57. The van der Waals surface area contributed by atoms with Crippen molar-refractivity contribution in [3.05, 3.63) is 17.0 Å². The summed E-state index contributed by atoms with van der Waals surface area (Å²) in [5.74, 6) is 0.825. The van der Waals surface area contributed by atoms with Gasteiger partial charge in [0, 0.05) is 17.7 Å². The van der Waals surface area contributed by atoms with Crippen molar-refractivity contribution < 1.29 is 9.32 Å². The van der Waals surface area contributed by atoms with Crippen molar-refractivity contribution in [2.75, 3.05) is 6.26 Å². The number of ketones is 1. The summed E-state index contributed by atoms with van der Waals surface area (Å²) in [7, 11) is 0. The molecule has 3 aromatic rings. The molecule has 0 aliphatic rings. The Kier molecular flexibility index (Phi) is 8.82. The Labute approximate surface area is 176 Å². The molecule has 29 heavy (non-hydrogen) atoms. The Morgan fingerprint density at radius 3 is 2.52 bits per heavy atom. The molecule has 0 aromatic carbocycles. The van der Waals surface area contributed by atoms with Crippen molar-refractivity contribution >= 4 is 28.6 Å². The minimum Gasteiger partial charge on any atom is -0.352 e. The van der Waals surface area contributed by atoms with Crippen molar-refractivity contribution in [3.8, 4) is 11.5 Å². The molecule has 8 heteroatoms. The maximum absolute atomic E-state index is 12.6. The van der Waals surface area contributed by atoms with Gasteiger partial charge in [-0.05, 0) is 32.4 Å². The lowest BCUT2D eigenvalue weighted by Crippen LogP contribution is -2.03. The molecule has 0 radical (unpaired) electrons. The summed E-state index contributed by atoms with van der Waals surface area (Å²) in [6.45, 7) is 10.1. The molecule has 0 saturated heterocycles. The summed E-state index contributed by atoms with van der Waals surface area (Å²) in [4.78, 5) is 21.8.